The minimum atomic E-state index is -4.37. The van der Waals surface area contributed by atoms with Gasteiger partial charge in [0.05, 0.1) is 5.56 Å². The molecule has 2 heterocycles. The minimum absolute atomic E-state index is 0.345. The minimum Gasteiger partial charge on any atom is -0.340 e. The van der Waals surface area contributed by atoms with Crippen molar-refractivity contribution in [1.82, 2.24) is 14.9 Å². The highest BCUT2D eigenvalue weighted by Crippen LogP contribution is 2.31. The molecule has 0 amide bonds. The maximum absolute atomic E-state index is 12.8. The summed E-state index contributed by atoms with van der Waals surface area (Å²) in [5.41, 5.74) is 0.415. The summed E-state index contributed by atoms with van der Waals surface area (Å²) in [6, 6.07) is 6.81. The van der Waals surface area contributed by atoms with E-state index in [9.17, 15) is 13.2 Å². The van der Waals surface area contributed by atoms with E-state index in [1.165, 1.54) is 6.07 Å². The van der Waals surface area contributed by atoms with Gasteiger partial charge in [-0.1, -0.05) is 6.07 Å². The van der Waals surface area contributed by atoms with Crippen LogP contribution < -0.4 is 10.2 Å². The molecular formula is C17H20F3N5. The van der Waals surface area contributed by atoms with Crippen LogP contribution in [0.3, 0.4) is 0 Å². The molecule has 1 aliphatic rings. The standard InChI is InChI=1S/C17H20F3N5/c1-12-10-15(22-14-5-3-4-13(11-14)17(18,19)20)23-16(21-12)25-8-6-24(2)7-9-25/h3-5,10-11H,6-9H2,1-2H3,(H,21,22,23). The van der Waals surface area contributed by atoms with Crippen molar-refractivity contribution in [2.45, 2.75) is 13.1 Å². The molecule has 8 heteroatoms. The van der Waals surface area contributed by atoms with Crippen LogP contribution in [-0.2, 0) is 6.18 Å². The van der Waals surface area contributed by atoms with Gasteiger partial charge in [0, 0.05) is 43.6 Å². The first-order valence-electron chi connectivity index (χ1n) is 8.05. The molecule has 134 valence electrons. The van der Waals surface area contributed by atoms with Gasteiger partial charge < -0.3 is 15.1 Å². The van der Waals surface area contributed by atoms with Crippen molar-refractivity contribution in [2.24, 2.45) is 0 Å². The molecule has 1 saturated heterocycles. The van der Waals surface area contributed by atoms with Crippen molar-refractivity contribution in [2.75, 3.05) is 43.4 Å². The molecule has 0 spiro atoms. The zero-order chi connectivity index (χ0) is 18.0. The molecule has 5 nitrogen and oxygen atoms in total. The van der Waals surface area contributed by atoms with Gasteiger partial charge >= 0.3 is 6.18 Å². The third-order valence-corrected chi connectivity index (χ3v) is 4.09. The normalized spacial score (nSPS) is 16.1. The second-order valence-corrected chi connectivity index (χ2v) is 6.19. The molecule has 2 aromatic rings. The fraction of sp³-hybridized carbons (Fsp3) is 0.412. The topological polar surface area (TPSA) is 44.3 Å². The summed E-state index contributed by atoms with van der Waals surface area (Å²) in [5.74, 6) is 1.09. The zero-order valence-electron chi connectivity index (χ0n) is 14.1. The van der Waals surface area contributed by atoms with E-state index in [2.05, 4.69) is 32.1 Å². The third kappa shape index (κ3) is 4.39. The van der Waals surface area contributed by atoms with Gasteiger partial charge in [-0.25, -0.2) is 4.98 Å². The second kappa shape index (κ2) is 6.87. The zero-order valence-corrected chi connectivity index (χ0v) is 14.1. The molecule has 1 aromatic carbocycles. The molecule has 0 atom stereocenters. The van der Waals surface area contributed by atoms with Crippen LogP contribution in [0, 0.1) is 6.92 Å². The van der Waals surface area contributed by atoms with Gasteiger partial charge in [-0.15, -0.1) is 0 Å². The van der Waals surface area contributed by atoms with Crippen LogP contribution >= 0.6 is 0 Å². The Balaban J connectivity index is 1.81. The quantitative estimate of drug-likeness (QED) is 0.919. The number of halogens is 3. The average Bonchev–Trinajstić information content (AvgIpc) is 2.54. The van der Waals surface area contributed by atoms with Crippen molar-refractivity contribution < 1.29 is 13.2 Å². The molecule has 0 unspecified atom stereocenters. The molecule has 0 bridgehead atoms. The van der Waals surface area contributed by atoms with Crippen molar-refractivity contribution >= 4 is 17.5 Å². The van der Waals surface area contributed by atoms with Crippen molar-refractivity contribution in [3.05, 3.63) is 41.6 Å². The summed E-state index contributed by atoms with van der Waals surface area (Å²) in [5, 5.41) is 2.96. The molecule has 0 radical (unpaired) electrons. The molecule has 1 aromatic heterocycles. The number of hydrogen-bond donors (Lipinski definition) is 1. The summed E-state index contributed by atoms with van der Waals surface area (Å²) >= 11 is 0. The highest BCUT2D eigenvalue weighted by atomic mass is 19.4. The predicted octanol–water partition coefficient (Wildman–Crippen LogP) is 3.30. The average molecular weight is 351 g/mol. The lowest BCUT2D eigenvalue weighted by Crippen LogP contribution is -2.45. The lowest BCUT2D eigenvalue weighted by molar-refractivity contribution is -0.137. The summed E-state index contributed by atoms with van der Waals surface area (Å²) in [6.45, 7) is 5.34. The van der Waals surface area contributed by atoms with Crippen molar-refractivity contribution in [1.29, 1.82) is 0 Å². The number of aryl methyl sites for hydroxylation is 1. The van der Waals surface area contributed by atoms with Gasteiger partial charge in [0.25, 0.3) is 0 Å². The Kier molecular flexibility index (Phi) is 4.80. The fourth-order valence-corrected chi connectivity index (χ4v) is 2.69. The van der Waals surface area contributed by atoms with Crippen LogP contribution in [0.1, 0.15) is 11.3 Å². The van der Waals surface area contributed by atoms with Crippen LogP contribution in [0.15, 0.2) is 30.3 Å². The monoisotopic (exact) mass is 351 g/mol. The number of benzene rings is 1. The van der Waals surface area contributed by atoms with E-state index in [1.807, 2.05) is 6.92 Å². The third-order valence-electron chi connectivity index (χ3n) is 4.09. The van der Waals surface area contributed by atoms with Gasteiger partial charge in [0.2, 0.25) is 5.95 Å². The molecule has 1 fully saturated rings. The van der Waals surface area contributed by atoms with Crippen LogP contribution in [0.5, 0.6) is 0 Å². The van der Waals surface area contributed by atoms with Gasteiger partial charge in [0.1, 0.15) is 5.82 Å². The number of hydrogen-bond acceptors (Lipinski definition) is 5. The molecule has 1 aliphatic heterocycles. The molecule has 0 saturated carbocycles. The molecule has 25 heavy (non-hydrogen) atoms. The Morgan fingerprint density at radius 2 is 1.76 bits per heavy atom. The maximum atomic E-state index is 12.8. The number of aromatic nitrogens is 2. The van der Waals surface area contributed by atoms with E-state index in [0.29, 0.717) is 17.5 Å². The van der Waals surface area contributed by atoms with Crippen molar-refractivity contribution in [3.63, 3.8) is 0 Å². The van der Waals surface area contributed by atoms with E-state index in [4.69, 9.17) is 0 Å². The molecule has 3 rings (SSSR count). The van der Waals surface area contributed by atoms with E-state index in [1.54, 1.807) is 12.1 Å². The van der Waals surface area contributed by atoms with Crippen LogP contribution in [-0.4, -0.2) is 48.1 Å². The smallest absolute Gasteiger partial charge is 0.340 e. The number of piperazine rings is 1. The number of alkyl halides is 3. The number of nitrogens with one attached hydrogen (secondary N) is 1. The van der Waals surface area contributed by atoms with Crippen molar-refractivity contribution in [3.8, 4) is 0 Å². The Labute approximate surface area is 144 Å². The SMILES string of the molecule is Cc1cc(Nc2cccc(C(F)(F)F)c2)nc(N2CCN(C)CC2)n1. The first-order valence-corrected chi connectivity index (χ1v) is 8.05. The number of likely N-dealkylation sites (N-methyl/N-ethyl adjacent to an activating group) is 1. The maximum Gasteiger partial charge on any atom is 0.416 e. The summed E-state index contributed by atoms with van der Waals surface area (Å²) in [4.78, 5) is 13.2. The van der Waals surface area contributed by atoms with E-state index in [0.717, 1.165) is 44.0 Å². The van der Waals surface area contributed by atoms with Crippen LogP contribution in [0.2, 0.25) is 0 Å². The number of nitrogens with zero attached hydrogens (tertiary/aromatic N) is 4. The van der Waals surface area contributed by atoms with E-state index in [-0.39, 0.29) is 0 Å². The highest BCUT2D eigenvalue weighted by Gasteiger charge is 2.30. The second-order valence-electron chi connectivity index (χ2n) is 6.19. The summed E-state index contributed by atoms with van der Waals surface area (Å²) < 4.78 is 38.5. The number of anilines is 3. The van der Waals surface area contributed by atoms with Gasteiger partial charge in [0.15, 0.2) is 0 Å². The Morgan fingerprint density at radius 1 is 1.04 bits per heavy atom. The summed E-state index contributed by atoms with van der Waals surface area (Å²) in [7, 11) is 2.06. The first-order chi connectivity index (χ1) is 11.8. The molecular weight excluding hydrogens is 331 g/mol. The Bertz CT molecular complexity index is 739. The van der Waals surface area contributed by atoms with E-state index < -0.39 is 11.7 Å². The molecule has 1 N–H and O–H groups in total. The largest absolute Gasteiger partial charge is 0.416 e. The van der Waals surface area contributed by atoms with Crippen LogP contribution in [0.4, 0.5) is 30.6 Å². The fourth-order valence-electron chi connectivity index (χ4n) is 2.69. The lowest BCUT2D eigenvalue weighted by atomic mass is 10.2. The van der Waals surface area contributed by atoms with Gasteiger partial charge in [-0.3, -0.25) is 0 Å². The lowest BCUT2D eigenvalue weighted by Gasteiger charge is -2.32. The Hall–Kier alpha value is -2.35. The van der Waals surface area contributed by atoms with E-state index >= 15 is 0 Å². The number of rotatable bonds is 3. The first kappa shape index (κ1) is 17.5. The van der Waals surface area contributed by atoms with Crippen LogP contribution in [0.25, 0.3) is 0 Å². The predicted molar refractivity (Wildman–Crippen MR) is 91.2 cm³/mol. The molecule has 0 aliphatic carbocycles. The summed E-state index contributed by atoms with van der Waals surface area (Å²) in [6.07, 6.45) is -4.37. The highest BCUT2D eigenvalue weighted by molar-refractivity contribution is 5.59. The Morgan fingerprint density at radius 3 is 2.44 bits per heavy atom. The van der Waals surface area contributed by atoms with Gasteiger partial charge in [-0.2, -0.15) is 18.2 Å². The van der Waals surface area contributed by atoms with Gasteiger partial charge in [-0.05, 0) is 32.2 Å².